The third kappa shape index (κ3) is 5.91. The zero-order valence-electron chi connectivity index (χ0n) is 25.5. The maximum absolute atomic E-state index is 15.9. The molecule has 0 bridgehead atoms. The molecule has 2 saturated heterocycles. The molecule has 10 nitrogen and oxygen atoms in total. The maximum atomic E-state index is 15.9. The highest BCUT2D eigenvalue weighted by Gasteiger charge is 2.30. The number of nitrogens with zero attached hydrogens (tertiary/aromatic N) is 4. The Bertz CT molecular complexity index is 1880. The van der Waals surface area contributed by atoms with Crippen molar-refractivity contribution in [3.05, 3.63) is 71.5 Å². The lowest BCUT2D eigenvalue weighted by Gasteiger charge is -2.31. The SMILES string of the molecule is O=C(O)c1ccc2c(c1)nc(-c1ccc(OCc3cc(N4CCCS4(=O)=O)ccc3N3CCOCC3)cc1F)n2C1CCCCC1. The molecule has 12 heteroatoms. The van der Waals surface area contributed by atoms with E-state index in [1.54, 1.807) is 30.3 Å². The summed E-state index contributed by atoms with van der Waals surface area (Å²) in [5, 5.41) is 9.53. The molecule has 0 amide bonds. The van der Waals surface area contributed by atoms with Crippen molar-refractivity contribution in [3.63, 3.8) is 0 Å². The first-order chi connectivity index (χ1) is 22.3. The van der Waals surface area contributed by atoms with Gasteiger partial charge in [0.05, 0.1) is 46.8 Å². The predicted octanol–water partition coefficient (Wildman–Crippen LogP) is 6.00. The van der Waals surface area contributed by atoms with Crippen LogP contribution in [0.25, 0.3) is 22.4 Å². The molecule has 0 atom stereocenters. The van der Waals surface area contributed by atoms with E-state index in [9.17, 15) is 18.3 Å². The van der Waals surface area contributed by atoms with E-state index >= 15 is 4.39 Å². The van der Waals surface area contributed by atoms with Crippen LogP contribution in [0.4, 0.5) is 15.8 Å². The molecule has 46 heavy (non-hydrogen) atoms. The summed E-state index contributed by atoms with van der Waals surface area (Å²) in [4.78, 5) is 18.6. The van der Waals surface area contributed by atoms with Crippen LogP contribution in [0.3, 0.4) is 0 Å². The average Bonchev–Trinajstić information content (AvgIpc) is 3.63. The van der Waals surface area contributed by atoms with Crippen molar-refractivity contribution in [1.29, 1.82) is 0 Å². The van der Waals surface area contributed by atoms with E-state index in [2.05, 4.69) is 9.47 Å². The third-order valence-electron chi connectivity index (χ3n) is 9.25. The molecule has 0 unspecified atom stereocenters. The standard InChI is InChI=1S/C34H37FN4O6S/c35-29-21-27(45-22-24-19-26(38-13-4-18-46(38,42)43)8-12-31(24)37-14-16-44-17-15-37)9-10-28(29)33-36-30-20-23(34(40)41)7-11-32(30)39(33)25-5-2-1-3-6-25/h7-12,19-21,25H,1-6,13-18,22H2,(H,40,41). The van der Waals surface area contributed by atoms with Gasteiger partial charge >= 0.3 is 5.97 Å². The fourth-order valence-corrected chi connectivity index (χ4v) is 8.50. The van der Waals surface area contributed by atoms with Crippen molar-refractivity contribution in [1.82, 2.24) is 9.55 Å². The number of morpholine rings is 1. The molecule has 242 valence electrons. The van der Waals surface area contributed by atoms with E-state index in [1.807, 2.05) is 18.2 Å². The second-order valence-electron chi connectivity index (χ2n) is 12.2. The molecule has 3 heterocycles. The first-order valence-corrected chi connectivity index (χ1v) is 17.5. The Kier molecular flexibility index (Phi) is 8.33. The van der Waals surface area contributed by atoms with Crippen LogP contribution in [0.5, 0.6) is 5.75 Å². The normalized spacial score (nSPS) is 18.7. The number of halogens is 1. The number of ether oxygens (including phenoxy) is 2. The zero-order valence-corrected chi connectivity index (χ0v) is 26.3. The first kappa shape index (κ1) is 30.5. The lowest BCUT2D eigenvalue weighted by atomic mass is 9.94. The fourth-order valence-electron chi connectivity index (χ4n) is 6.94. The number of benzene rings is 3. The monoisotopic (exact) mass is 648 g/mol. The third-order valence-corrected chi connectivity index (χ3v) is 11.1. The molecule has 0 radical (unpaired) electrons. The van der Waals surface area contributed by atoms with Gasteiger partial charge in [0.15, 0.2) is 0 Å². The second kappa shape index (κ2) is 12.6. The van der Waals surface area contributed by atoms with E-state index in [0.29, 0.717) is 67.6 Å². The van der Waals surface area contributed by atoms with Gasteiger partial charge in [-0.05, 0) is 67.8 Å². The van der Waals surface area contributed by atoms with Gasteiger partial charge in [0.2, 0.25) is 10.0 Å². The molecular weight excluding hydrogens is 611 g/mol. The summed E-state index contributed by atoms with van der Waals surface area (Å²) >= 11 is 0. The zero-order chi connectivity index (χ0) is 31.8. The molecule has 1 N–H and O–H groups in total. The molecular formula is C34H37FN4O6S. The Balaban J connectivity index is 1.20. The van der Waals surface area contributed by atoms with Crippen molar-refractivity contribution >= 4 is 38.4 Å². The van der Waals surface area contributed by atoms with E-state index in [-0.39, 0.29) is 24.0 Å². The number of fused-ring (bicyclic) bond motifs is 1. The summed E-state index contributed by atoms with van der Waals surface area (Å²) in [6.45, 7) is 3.15. The lowest BCUT2D eigenvalue weighted by Crippen LogP contribution is -2.37. The fraction of sp³-hybridized carbons (Fsp3) is 0.412. The van der Waals surface area contributed by atoms with Gasteiger partial charge in [-0.15, -0.1) is 0 Å². The Labute approximate surface area is 267 Å². The molecule has 1 aliphatic carbocycles. The highest BCUT2D eigenvalue weighted by molar-refractivity contribution is 7.93. The van der Waals surface area contributed by atoms with Crippen molar-refractivity contribution < 1.29 is 32.2 Å². The van der Waals surface area contributed by atoms with Gasteiger partial charge in [-0.3, -0.25) is 4.31 Å². The van der Waals surface area contributed by atoms with Gasteiger partial charge in [-0.25, -0.2) is 22.6 Å². The summed E-state index contributed by atoms with van der Waals surface area (Å²) in [7, 11) is -3.35. The number of aromatic nitrogens is 2. The van der Waals surface area contributed by atoms with Gasteiger partial charge in [0.25, 0.3) is 0 Å². The van der Waals surface area contributed by atoms with Crippen molar-refractivity contribution in [2.45, 2.75) is 51.2 Å². The maximum Gasteiger partial charge on any atom is 0.335 e. The van der Waals surface area contributed by atoms with E-state index in [0.717, 1.165) is 48.9 Å². The molecule has 2 aliphatic heterocycles. The van der Waals surface area contributed by atoms with Crippen LogP contribution >= 0.6 is 0 Å². The number of aromatic carboxylic acids is 1. The van der Waals surface area contributed by atoms with E-state index in [1.165, 1.54) is 10.4 Å². The number of carboxylic acid groups (broad SMARTS) is 1. The predicted molar refractivity (Wildman–Crippen MR) is 174 cm³/mol. The van der Waals surface area contributed by atoms with Crippen molar-refractivity contribution in [3.8, 4) is 17.1 Å². The average molecular weight is 649 g/mol. The molecule has 1 saturated carbocycles. The van der Waals surface area contributed by atoms with E-state index in [4.69, 9.17) is 14.5 Å². The number of hydrogen-bond acceptors (Lipinski definition) is 7. The largest absolute Gasteiger partial charge is 0.489 e. The summed E-state index contributed by atoms with van der Waals surface area (Å²) in [6.07, 6.45) is 5.79. The minimum atomic E-state index is -3.35. The number of carbonyl (C=O) groups is 1. The molecule has 3 aromatic carbocycles. The van der Waals surface area contributed by atoms with Gasteiger partial charge in [-0.2, -0.15) is 0 Å². The van der Waals surface area contributed by atoms with Crippen LogP contribution in [0, 0.1) is 5.82 Å². The number of hydrogen-bond donors (Lipinski definition) is 1. The molecule has 3 fully saturated rings. The Morgan fingerprint density at radius 1 is 0.978 bits per heavy atom. The summed E-state index contributed by atoms with van der Waals surface area (Å²) in [6, 6.07) is 15.4. The number of rotatable bonds is 8. The number of anilines is 2. The molecule has 3 aliphatic rings. The van der Waals surface area contributed by atoms with Crippen LogP contribution in [-0.2, 0) is 21.4 Å². The van der Waals surface area contributed by atoms with Gasteiger partial charge < -0.3 is 24.0 Å². The smallest absolute Gasteiger partial charge is 0.335 e. The van der Waals surface area contributed by atoms with Crippen LogP contribution in [0.2, 0.25) is 0 Å². The van der Waals surface area contributed by atoms with E-state index < -0.39 is 21.8 Å². The molecule has 7 rings (SSSR count). The summed E-state index contributed by atoms with van der Waals surface area (Å²) in [5.74, 6) is -0.587. The van der Waals surface area contributed by atoms with Crippen molar-refractivity contribution in [2.24, 2.45) is 0 Å². The summed E-state index contributed by atoms with van der Waals surface area (Å²) < 4.78 is 56.5. The van der Waals surface area contributed by atoms with Gasteiger partial charge in [0.1, 0.15) is 24.0 Å². The Morgan fingerprint density at radius 3 is 2.50 bits per heavy atom. The second-order valence-corrected chi connectivity index (χ2v) is 14.2. The number of sulfonamides is 1. The Morgan fingerprint density at radius 2 is 1.78 bits per heavy atom. The highest BCUT2D eigenvalue weighted by Crippen LogP contribution is 2.38. The van der Waals surface area contributed by atoms with Crippen LogP contribution in [-0.4, -0.2) is 67.6 Å². The molecule has 0 spiro atoms. The highest BCUT2D eigenvalue weighted by atomic mass is 32.2. The van der Waals surface area contributed by atoms with Gasteiger partial charge in [0, 0.05) is 43.0 Å². The number of imidazole rings is 1. The quantitative estimate of drug-likeness (QED) is 0.248. The van der Waals surface area contributed by atoms with Crippen LogP contribution in [0.15, 0.2) is 54.6 Å². The minimum Gasteiger partial charge on any atom is -0.489 e. The minimum absolute atomic E-state index is 0.117. The first-order valence-electron chi connectivity index (χ1n) is 15.9. The molecule has 4 aromatic rings. The molecule has 1 aromatic heterocycles. The van der Waals surface area contributed by atoms with Crippen LogP contribution in [0.1, 0.15) is 60.5 Å². The Hall–Kier alpha value is -4.16. The van der Waals surface area contributed by atoms with Crippen molar-refractivity contribution in [2.75, 3.05) is 47.8 Å². The summed E-state index contributed by atoms with van der Waals surface area (Å²) in [5.41, 5.74) is 4.11. The topological polar surface area (TPSA) is 114 Å². The van der Waals surface area contributed by atoms with Gasteiger partial charge in [-0.1, -0.05) is 19.3 Å². The lowest BCUT2D eigenvalue weighted by molar-refractivity contribution is 0.0697. The van der Waals surface area contributed by atoms with Crippen LogP contribution < -0.4 is 13.9 Å². The number of carboxylic acids is 1.